The summed E-state index contributed by atoms with van der Waals surface area (Å²) in [4.78, 5) is 37.8. The summed E-state index contributed by atoms with van der Waals surface area (Å²) in [5.74, 6) is -1.47. The molecular weight excluding hydrogens is 418 g/mol. The second-order valence-corrected chi connectivity index (χ2v) is 7.05. The highest BCUT2D eigenvalue weighted by atomic mass is 16.6. The molecule has 4 rings (SSSR count). The zero-order chi connectivity index (χ0) is 23.0. The van der Waals surface area contributed by atoms with E-state index in [0.29, 0.717) is 11.5 Å². The lowest BCUT2D eigenvalue weighted by atomic mass is 9.95. The van der Waals surface area contributed by atoms with E-state index in [0.717, 1.165) is 4.90 Å². The molecule has 3 aromatic rings. The Morgan fingerprint density at radius 1 is 1.19 bits per heavy atom. The number of ketones is 1. The number of hydrogen-bond donors (Lipinski definition) is 1. The highest BCUT2D eigenvalue weighted by Gasteiger charge is 2.48. The van der Waals surface area contributed by atoms with Gasteiger partial charge in [-0.3, -0.25) is 24.6 Å². The van der Waals surface area contributed by atoms with Crippen molar-refractivity contribution in [2.45, 2.75) is 13.0 Å². The number of anilines is 1. The van der Waals surface area contributed by atoms with E-state index in [-0.39, 0.29) is 28.2 Å². The van der Waals surface area contributed by atoms with Crippen molar-refractivity contribution in [3.05, 3.63) is 87.2 Å². The number of aliphatic hydroxyl groups excluding tert-OH is 1. The quantitative estimate of drug-likeness (QED) is 0.211. The second kappa shape index (κ2) is 7.99. The Morgan fingerprint density at radius 3 is 2.59 bits per heavy atom. The molecule has 0 unspecified atom stereocenters. The van der Waals surface area contributed by atoms with Crippen molar-refractivity contribution in [1.82, 2.24) is 5.16 Å². The van der Waals surface area contributed by atoms with E-state index < -0.39 is 28.4 Å². The normalized spacial score (nSPS) is 17.6. The Hall–Kier alpha value is -4.47. The van der Waals surface area contributed by atoms with Crippen LogP contribution in [0.1, 0.15) is 22.9 Å². The lowest BCUT2D eigenvalue weighted by molar-refractivity contribution is -0.384. The van der Waals surface area contributed by atoms with E-state index in [9.17, 15) is 24.8 Å². The predicted octanol–water partition coefficient (Wildman–Crippen LogP) is 3.53. The number of carbonyl (C=O) groups is 2. The molecule has 0 aliphatic carbocycles. The number of aromatic nitrogens is 1. The largest absolute Gasteiger partial charge is 0.507 e. The summed E-state index contributed by atoms with van der Waals surface area (Å²) >= 11 is 0. The topological polar surface area (TPSA) is 136 Å². The predicted molar refractivity (Wildman–Crippen MR) is 112 cm³/mol. The lowest BCUT2D eigenvalue weighted by Crippen LogP contribution is -2.29. The first-order chi connectivity index (χ1) is 15.3. The Bertz CT molecular complexity index is 1280. The summed E-state index contributed by atoms with van der Waals surface area (Å²) in [6, 6.07) is 12.1. The fourth-order valence-electron chi connectivity index (χ4n) is 3.59. The molecule has 0 bridgehead atoms. The maximum Gasteiger partial charge on any atom is 0.301 e. The van der Waals surface area contributed by atoms with Crippen LogP contribution >= 0.6 is 0 Å². The number of benzene rings is 2. The van der Waals surface area contributed by atoms with Gasteiger partial charge < -0.3 is 14.4 Å². The second-order valence-electron chi connectivity index (χ2n) is 7.05. The number of nitro groups is 1. The van der Waals surface area contributed by atoms with Gasteiger partial charge in [-0.15, -0.1) is 0 Å². The minimum absolute atomic E-state index is 0.0470. The number of nitrogens with zero attached hydrogens (tertiary/aromatic N) is 3. The van der Waals surface area contributed by atoms with E-state index in [1.54, 1.807) is 25.1 Å². The molecule has 1 fully saturated rings. The SMILES string of the molecule is COc1cccc(/C(O)=C2\C(=O)C(=O)N(c3cc(C)on3)[C@H]2c2cccc([N+](=O)[O-])c2)c1. The fraction of sp³-hybridized carbons (Fsp3) is 0.136. The number of carbonyl (C=O) groups excluding carboxylic acids is 2. The summed E-state index contributed by atoms with van der Waals surface area (Å²) in [6.45, 7) is 1.62. The van der Waals surface area contributed by atoms with Crippen LogP contribution in [0.15, 0.2) is 64.7 Å². The van der Waals surface area contributed by atoms with Crippen molar-refractivity contribution in [3.8, 4) is 5.75 Å². The third kappa shape index (κ3) is 3.47. The zero-order valence-corrected chi connectivity index (χ0v) is 17.0. The Morgan fingerprint density at radius 2 is 1.94 bits per heavy atom. The highest BCUT2D eigenvalue weighted by molar-refractivity contribution is 6.51. The first kappa shape index (κ1) is 20.8. The molecule has 162 valence electrons. The van der Waals surface area contributed by atoms with Crippen LogP contribution in [-0.2, 0) is 9.59 Å². The van der Waals surface area contributed by atoms with E-state index >= 15 is 0 Å². The van der Waals surface area contributed by atoms with Gasteiger partial charge in [-0.1, -0.05) is 29.4 Å². The number of Topliss-reactive ketones (excluding diaryl/α,β-unsaturated/α-hetero) is 1. The molecule has 1 N–H and O–H groups in total. The van der Waals surface area contributed by atoms with E-state index in [2.05, 4.69) is 5.16 Å². The average molecular weight is 435 g/mol. The Labute approximate surface area is 181 Å². The van der Waals surface area contributed by atoms with Gasteiger partial charge in [0.05, 0.1) is 23.6 Å². The number of methoxy groups -OCH3 is 1. The van der Waals surface area contributed by atoms with Crippen LogP contribution < -0.4 is 9.64 Å². The molecule has 0 saturated carbocycles. The van der Waals surface area contributed by atoms with Crippen molar-refractivity contribution in [2.75, 3.05) is 12.0 Å². The maximum atomic E-state index is 13.0. The van der Waals surface area contributed by atoms with Crippen molar-refractivity contribution in [3.63, 3.8) is 0 Å². The average Bonchev–Trinajstić information content (AvgIpc) is 3.34. The molecule has 1 amide bonds. The number of hydrogen-bond acceptors (Lipinski definition) is 8. The van der Waals surface area contributed by atoms with Gasteiger partial charge in [0.15, 0.2) is 5.82 Å². The molecule has 1 aliphatic rings. The molecule has 10 nitrogen and oxygen atoms in total. The number of non-ortho nitro benzene ring substituents is 1. The number of ether oxygens (including phenoxy) is 1. The van der Waals surface area contributed by atoms with Gasteiger partial charge in [-0.05, 0) is 24.6 Å². The van der Waals surface area contributed by atoms with Gasteiger partial charge >= 0.3 is 5.91 Å². The van der Waals surface area contributed by atoms with Gasteiger partial charge in [0.25, 0.3) is 11.5 Å². The summed E-state index contributed by atoms with van der Waals surface area (Å²) in [7, 11) is 1.45. The number of aliphatic hydroxyl groups is 1. The van der Waals surface area contributed by atoms with Crippen LogP contribution in [0.4, 0.5) is 11.5 Å². The van der Waals surface area contributed by atoms with Crippen LogP contribution in [-0.4, -0.2) is 34.0 Å². The number of nitro benzene ring substituents is 1. The minimum Gasteiger partial charge on any atom is -0.507 e. The van der Waals surface area contributed by atoms with Crippen LogP contribution in [0.2, 0.25) is 0 Å². The van der Waals surface area contributed by atoms with Crippen molar-refractivity contribution in [2.24, 2.45) is 0 Å². The molecule has 1 aromatic heterocycles. The molecule has 1 saturated heterocycles. The van der Waals surface area contributed by atoms with Crippen molar-refractivity contribution >= 4 is 29.0 Å². The van der Waals surface area contributed by atoms with E-state index in [4.69, 9.17) is 9.26 Å². The first-order valence-electron chi connectivity index (χ1n) is 9.45. The molecule has 0 radical (unpaired) electrons. The Kier molecular flexibility index (Phi) is 5.19. The van der Waals surface area contributed by atoms with Crippen LogP contribution in [0, 0.1) is 17.0 Å². The van der Waals surface area contributed by atoms with Gasteiger partial charge in [0, 0.05) is 23.8 Å². The number of rotatable bonds is 5. The van der Waals surface area contributed by atoms with Gasteiger partial charge in [-0.2, -0.15) is 0 Å². The van der Waals surface area contributed by atoms with Crippen molar-refractivity contribution in [1.29, 1.82) is 0 Å². The first-order valence-corrected chi connectivity index (χ1v) is 9.45. The van der Waals surface area contributed by atoms with Crippen LogP contribution in [0.5, 0.6) is 5.75 Å². The molecule has 1 atom stereocenters. The van der Waals surface area contributed by atoms with Gasteiger partial charge in [0.1, 0.15) is 17.3 Å². The molecular formula is C22H17N3O7. The maximum absolute atomic E-state index is 13.0. The van der Waals surface area contributed by atoms with Gasteiger partial charge in [-0.25, -0.2) is 0 Å². The number of aryl methyl sites for hydroxylation is 1. The smallest absolute Gasteiger partial charge is 0.301 e. The minimum atomic E-state index is -1.16. The standard InChI is InChI=1S/C22H17N3O7/c1-12-9-17(23-32-12)24-19(13-5-3-7-15(10-13)25(29)30)18(21(27)22(24)28)20(26)14-6-4-8-16(11-14)31-2/h3-11,19,26H,1-2H3/b20-18+/t19-/m0/s1. The zero-order valence-electron chi connectivity index (χ0n) is 17.0. The molecule has 0 spiro atoms. The molecule has 1 aliphatic heterocycles. The monoisotopic (exact) mass is 435 g/mol. The third-order valence-electron chi connectivity index (χ3n) is 5.05. The van der Waals surface area contributed by atoms with Crippen LogP contribution in [0.3, 0.4) is 0 Å². The lowest BCUT2D eigenvalue weighted by Gasteiger charge is -2.22. The summed E-state index contributed by atoms with van der Waals surface area (Å²) < 4.78 is 10.2. The fourth-order valence-corrected chi connectivity index (χ4v) is 3.59. The third-order valence-corrected chi connectivity index (χ3v) is 5.05. The molecule has 2 aromatic carbocycles. The summed E-state index contributed by atoms with van der Waals surface area (Å²) in [5, 5.41) is 26.2. The molecule has 10 heteroatoms. The van der Waals surface area contributed by atoms with Gasteiger partial charge in [0.2, 0.25) is 0 Å². The van der Waals surface area contributed by atoms with Crippen LogP contribution in [0.25, 0.3) is 5.76 Å². The number of amides is 1. The summed E-state index contributed by atoms with van der Waals surface area (Å²) in [6.07, 6.45) is 0. The Balaban J connectivity index is 1.96. The van der Waals surface area contributed by atoms with E-state index in [1.807, 2.05) is 0 Å². The highest BCUT2D eigenvalue weighted by Crippen LogP contribution is 2.42. The van der Waals surface area contributed by atoms with E-state index in [1.165, 1.54) is 43.5 Å². The molecule has 32 heavy (non-hydrogen) atoms. The molecule has 2 heterocycles. The van der Waals surface area contributed by atoms with Crippen molar-refractivity contribution < 1.29 is 28.9 Å². The summed E-state index contributed by atoms with van der Waals surface area (Å²) in [5.41, 5.74) is 0.0350.